The Labute approximate surface area is 107 Å². The van der Waals surface area contributed by atoms with Crippen LogP contribution in [0, 0.1) is 5.92 Å². The molecule has 0 spiro atoms. The van der Waals surface area contributed by atoms with Crippen LogP contribution < -0.4 is 5.32 Å². The van der Waals surface area contributed by atoms with Gasteiger partial charge in [0.05, 0.1) is 0 Å². The molecule has 0 radical (unpaired) electrons. The standard InChI is InChI=1S/C15H30N2/c1-4-15(2,3)17-11-10-16-14(12-17)13-8-6-5-7-9-13/h13-14,16H,4-12H2,1-3H3. The number of hydrogen-bond donors (Lipinski definition) is 1. The molecule has 17 heavy (non-hydrogen) atoms. The number of piperazine rings is 1. The number of hydrogen-bond acceptors (Lipinski definition) is 2. The lowest BCUT2D eigenvalue weighted by Gasteiger charge is -2.46. The van der Waals surface area contributed by atoms with Crippen LogP contribution in [0.2, 0.25) is 0 Å². The minimum atomic E-state index is 0.384. The first-order chi connectivity index (χ1) is 8.13. The number of nitrogens with zero attached hydrogens (tertiary/aromatic N) is 1. The predicted octanol–water partition coefficient (Wildman–Crippen LogP) is 3.03. The molecule has 2 fully saturated rings. The molecule has 1 aliphatic carbocycles. The smallest absolute Gasteiger partial charge is 0.0223 e. The zero-order chi connectivity index (χ0) is 12.3. The summed E-state index contributed by atoms with van der Waals surface area (Å²) in [5.74, 6) is 0.944. The van der Waals surface area contributed by atoms with Crippen LogP contribution in [0.1, 0.15) is 59.3 Å². The molecule has 1 saturated heterocycles. The zero-order valence-corrected chi connectivity index (χ0v) is 12.0. The fourth-order valence-corrected chi connectivity index (χ4v) is 3.40. The lowest BCUT2D eigenvalue weighted by molar-refractivity contribution is 0.0586. The van der Waals surface area contributed by atoms with E-state index in [0.717, 1.165) is 12.0 Å². The molecule has 1 heterocycles. The van der Waals surface area contributed by atoms with Crippen molar-refractivity contribution < 1.29 is 0 Å². The molecular formula is C15H30N2. The van der Waals surface area contributed by atoms with Crippen molar-refractivity contribution in [2.45, 2.75) is 70.9 Å². The Hall–Kier alpha value is -0.0800. The first kappa shape index (κ1) is 13.4. The van der Waals surface area contributed by atoms with Crippen molar-refractivity contribution in [3.05, 3.63) is 0 Å². The summed E-state index contributed by atoms with van der Waals surface area (Å²) in [6, 6.07) is 0.759. The first-order valence-corrected chi connectivity index (χ1v) is 7.62. The fourth-order valence-electron chi connectivity index (χ4n) is 3.40. The second kappa shape index (κ2) is 5.71. The van der Waals surface area contributed by atoms with Crippen LogP contribution in [-0.4, -0.2) is 36.1 Å². The van der Waals surface area contributed by atoms with Gasteiger partial charge in [0, 0.05) is 31.2 Å². The molecule has 2 aliphatic rings. The normalized spacial score (nSPS) is 29.5. The Morgan fingerprint density at radius 3 is 2.53 bits per heavy atom. The molecule has 0 aromatic heterocycles. The second-order valence-corrected chi connectivity index (χ2v) is 6.57. The third-order valence-electron chi connectivity index (χ3n) is 5.15. The third kappa shape index (κ3) is 3.23. The maximum absolute atomic E-state index is 3.77. The summed E-state index contributed by atoms with van der Waals surface area (Å²) in [5, 5.41) is 3.77. The molecule has 1 unspecified atom stereocenters. The molecule has 1 saturated carbocycles. The van der Waals surface area contributed by atoms with Crippen molar-refractivity contribution in [3.8, 4) is 0 Å². The summed E-state index contributed by atoms with van der Waals surface area (Å²) in [6.07, 6.45) is 8.55. The van der Waals surface area contributed by atoms with Gasteiger partial charge in [-0.25, -0.2) is 0 Å². The third-order valence-corrected chi connectivity index (χ3v) is 5.15. The van der Waals surface area contributed by atoms with Crippen LogP contribution in [0.4, 0.5) is 0 Å². The Kier molecular flexibility index (Phi) is 4.48. The Morgan fingerprint density at radius 2 is 1.88 bits per heavy atom. The summed E-state index contributed by atoms with van der Waals surface area (Å²) in [7, 11) is 0. The maximum Gasteiger partial charge on any atom is 0.0223 e. The van der Waals surface area contributed by atoms with Crippen LogP contribution in [-0.2, 0) is 0 Å². The summed E-state index contributed by atoms with van der Waals surface area (Å²) in [4.78, 5) is 2.71. The Bertz CT molecular complexity index is 231. The van der Waals surface area contributed by atoms with Crippen molar-refractivity contribution in [3.63, 3.8) is 0 Å². The number of rotatable bonds is 3. The quantitative estimate of drug-likeness (QED) is 0.813. The van der Waals surface area contributed by atoms with E-state index >= 15 is 0 Å². The van der Waals surface area contributed by atoms with E-state index in [0.29, 0.717) is 5.54 Å². The van der Waals surface area contributed by atoms with E-state index in [1.165, 1.54) is 58.2 Å². The highest BCUT2D eigenvalue weighted by Gasteiger charge is 2.33. The minimum absolute atomic E-state index is 0.384. The van der Waals surface area contributed by atoms with Gasteiger partial charge in [-0.1, -0.05) is 26.2 Å². The molecule has 1 N–H and O–H groups in total. The van der Waals surface area contributed by atoms with Crippen LogP contribution in [0.25, 0.3) is 0 Å². The van der Waals surface area contributed by atoms with Gasteiger partial charge >= 0.3 is 0 Å². The Morgan fingerprint density at radius 1 is 1.18 bits per heavy atom. The average molecular weight is 238 g/mol. The molecule has 0 amide bonds. The highest BCUT2D eigenvalue weighted by atomic mass is 15.2. The summed E-state index contributed by atoms with van der Waals surface area (Å²) >= 11 is 0. The number of nitrogens with one attached hydrogen (secondary N) is 1. The van der Waals surface area contributed by atoms with Crippen LogP contribution in [0.5, 0.6) is 0 Å². The van der Waals surface area contributed by atoms with Crippen molar-refractivity contribution in [2.24, 2.45) is 5.92 Å². The average Bonchev–Trinajstić information content (AvgIpc) is 2.40. The monoisotopic (exact) mass is 238 g/mol. The second-order valence-electron chi connectivity index (χ2n) is 6.57. The highest BCUT2D eigenvalue weighted by molar-refractivity contribution is 4.91. The van der Waals surface area contributed by atoms with Crippen molar-refractivity contribution in [1.29, 1.82) is 0 Å². The molecule has 2 rings (SSSR count). The highest BCUT2D eigenvalue weighted by Crippen LogP contribution is 2.29. The largest absolute Gasteiger partial charge is 0.311 e. The SMILES string of the molecule is CCC(C)(C)N1CCNC(C2CCCCC2)C1. The predicted molar refractivity (Wildman–Crippen MR) is 74.3 cm³/mol. The van der Waals surface area contributed by atoms with Gasteiger partial charge in [0.1, 0.15) is 0 Å². The Balaban J connectivity index is 1.92. The van der Waals surface area contributed by atoms with Crippen LogP contribution >= 0.6 is 0 Å². The summed E-state index contributed by atoms with van der Waals surface area (Å²) in [5.41, 5.74) is 0.384. The van der Waals surface area contributed by atoms with Gasteiger partial charge < -0.3 is 5.32 Å². The van der Waals surface area contributed by atoms with Gasteiger partial charge in [0.15, 0.2) is 0 Å². The van der Waals surface area contributed by atoms with E-state index in [-0.39, 0.29) is 0 Å². The van der Waals surface area contributed by atoms with E-state index in [1.807, 2.05) is 0 Å². The molecular weight excluding hydrogens is 208 g/mol. The van der Waals surface area contributed by atoms with Crippen LogP contribution in [0.15, 0.2) is 0 Å². The topological polar surface area (TPSA) is 15.3 Å². The fraction of sp³-hybridized carbons (Fsp3) is 1.00. The molecule has 2 nitrogen and oxygen atoms in total. The van der Waals surface area contributed by atoms with Gasteiger partial charge in [-0.2, -0.15) is 0 Å². The van der Waals surface area contributed by atoms with Crippen molar-refractivity contribution >= 4 is 0 Å². The zero-order valence-electron chi connectivity index (χ0n) is 12.0. The molecule has 2 heteroatoms. The maximum atomic E-state index is 3.77. The van der Waals surface area contributed by atoms with E-state index in [4.69, 9.17) is 0 Å². The lowest BCUT2D eigenvalue weighted by atomic mass is 9.82. The van der Waals surface area contributed by atoms with Gasteiger partial charge in [-0.15, -0.1) is 0 Å². The van der Waals surface area contributed by atoms with E-state index < -0.39 is 0 Å². The van der Waals surface area contributed by atoms with Crippen molar-refractivity contribution in [2.75, 3.05) is 19.6 Å². The van der Waals surface area contributed by atoms with Gasteiger partial charge in [-0.05, 0) is 39.0 Å². The van der Waals surface area contributed by atoms with Crippen LogP contribution in [0.3, 0.4) is 0 Å². The van der Waals surface area contributed by atoms with Crippen molar-refractivity contribution in [1.82, 2.24) is 10.2 Å². The lowest BCUT2D eigenvalue weighted by Crippen LogP contribution is -2.59. The molecule has 0 aromatic carbocycles. The molecule has 0 aromatic rings. The van der Waals surface area contributed by atoms with Gasteiger partial charge in [-0.3, -0.25) is 4.90 Å². The first-order valence-electron chi connectivity index (χ1n) is 7.62. The van der Waals surface area contributed by atoms with E-state index in [2.05, 4.69) is 31.0 Å². The van der Waals surface area contributed by atoms with E-state index in [9.17, 15) is 0 Å². The van der Waals surface area contributed by atoms with Gasteiger partial charge in [0.2, 0.25) is 0 Å². The summed E-state index contributed by atoms with van der Waals surface area (Å²) in [6.45, 7) is 10.8. The molecule has 100 valence electrons. The van der Waals surface area contributed by atoms with Gasteiger partial charge in [0.25, 0.3) is 0 Å². The van der Waals surface area contributed by atoms with E-state index in [1.54, 1.807) is 0 Å². The minimum Gasteiger partial charge on any atom is -0.311 e. The molecule has 1 atom stereocenters. The summed E-state index contributed by atoms with van der Waals surface area (Å²) < 4.78 is 0. The molecule has 0 bridgehead atoms. The molecule has 1 aliphatic heterocycles.